The second-order valence-electron chi connectivity index (χ2n) is 6.51. The summed E-state index contributed by atoms with van der Waals surface area (Å²) in [5.74, 6) is 1.06. The van der Waals surface area contributed by atoms with Crippen molar-refractivity contribution in [3.63, 3.8) is 0 Å². The lowest BCUT2D eigenvalue weighted by Crippen LogP contribution is -2.64. The second-order valence-corrected chi connectivity index (χ2v) is 6.94. The van der Waals surface area contributed by atoms with E-state index >= 15 is 0 Å². The van der Waals surface area contributed by atoms with Crippen LogP contribution in [0.4, 0.5) is 5.69 Å². The summed E-state index contributed by atoms with van der Waals surface area (Å²) in [7, 11) is 1.62. The highest BCUT2D eigenvalue weighted by molar-refractivity contribution is 7.84. The summed E-state index contributed by atoms with van der Waals surface area (Å²) in [6.07, 6.45) is 3.70. The average Bonchev–Trinajstić information content (AvgIpc) is 2.58. The average molecular weight is 343 g/mol. The van der Waals surface area contributed by atoms with Crippen molar-refractivity contribution in [3.8, 4) is 11.8 Å². The van der Waals surface area contributed by atoms with Crippen molar-refractivity contribution in [2.75, 3.05) is 12.0 Å². The predicted molar refractivity (Wildman–Crippen MR) is 95.6 cm³/mol. The Morgan fingerprint density at radius 3 is 2.50 bits per heavy atom. The molecule has 0 radical (unpaired) electrons. The van der Waals surface area contributed by atoms with Gasteiger partial charge in [0, 0.05) is 5.69 Å². The molecule has 0 bridgehead atoms. The molecule has 0 saturated heterocycles. The molecule has 0 atom stereocenters. The van der Waals surface area contributed by atoms with Crippen molar-refractivity contribution >= 4 is 24.2 Å². The first kappa shape index (κ1) is 16.7. The summed E-state index contributed by atoms with van der Waals surface area (Å²) < 4.78 is 5.22. The fourth-order valence-corrected chi connectivity index (χ4v) is 3.99. The number of ether oxygens (including phenoxy) is 1. The SMILES string of the molecule is COc1ccc(N2C(S)=C(C#N)C(=O)NC23CCC(C)CC3)cc1. The molecule has 1 saturated carbocycles. The zero-order chi connectivity index (χ0) is 17.3. The van der Waals surface area contributed by atoms with Gasteiger partial charge in [-0.05, 0) is 55.9 Å². The van der Waals surface area contributed by atoms with Gasteiger partial charge in [-0.15, -0.1) is 12.6 Å². The molecule has 0 aromatic heterocycles. The molecule has 1 N–H and O–H groups in total. The lowest BCUT2D eigenvalue weighted by molar-refractivity contribution is -0.120. The molecule has 126 valence electrons. The Hall–Kier alpha value is -2.13. The third-order valence-corrected chi connectivity index (χ3v) is 5.40. The van der Waals surface area contributed by atoms with Gasteiger partial charge in [0.05, 0.1) is 12.1 Å². The van der Waals surface area contributed by atoms with E-state index < -0.39 is 5.66 Å². The third kappa shape index (κ3) is 2.73. The molecule has 1 aliphatic carbocycles. The van der Waals surface area contributed by atoms with Crippen LogP contribution in [-0.2, 0) is 4.79 Å². The van der Waals surface area contributed by atoms with E-state index in [1.54, 1.807) is 7.11 Å². The first-order chi connectivity index (χ1) is 11.5. The smallest absolute Gasteiger partial charge is 0.266 e. The van der Waals surface area contributed by atoms with E-state index in [0.717, 1.165) is 37.1 Å². The van der Waals surface area contributed by atoms with Crippen LogP contribution in [0.2, 0.25) is 0 Å². The number of nitrogens with one attached hydrogen (secondary N) is 1. The number of thiol groups is 1. The van der Waals surface area contributed by atoms with Gasteiger partial charge in [0.15, 0.2) is 0 Å². The maximum Gasteiger partial charge on any atom is 0.266 e. The highest BCUT2D eigenvalue weighted by Crippen LogP contribution is 2.43. The van der Waals surface area contributed by atoms with Gasteiger partial charge >= 0.3 is 0 Å². The Morgan fingerprint density at radius 1 is 1.33 bits per heavy atom. The molecule has 5 nitrogen and oxygen atoms in total. The van der Waals surface area contributed by atoms with Crippen LogP contribution in [-0.4, -0.2) is 18.7 Å². The van der Waals surface area contributed by atoms with Crippen molar-refractivity contribution in [2.45, 2.75) is 38.3 Å². The number of hydrogen-bond donors (Lipinski definition) is 2. The van der Waals surface area contributed by atoms with Crippen LogP contribution in [0.25, 0.3) is 0 Å². The predicted octanol–water partition coefficient (Wildman–Crippen LogP) is 3.20. The highest BCUT2D eigenvalue weighted by Gasteiger charge is 2.46. The maximum atomic E-state index is 12.4. The summed E-state index contributed by atoms with van der Waals surface area (Å²) in [5, 5.41) is 12.8. The van der Waals surface area contributed by atoms with Gasteiger partial charge in [0.2, 0.25) is 0 Å². The van der Waals surface area contributed by atoms with Gasteiger partial charge in [-0.3, -0.25) is 4.79 Å². The molecule has 1 aromatic carbocycles. The number of nitriles is 1. The van der Waals surface area contributed by atoms with E-state index in [9.17, 15) is 10.1 Å². The number of carbonyl (C=O) groups excluding carboxylic acids is 1. The van der Waals surface area contributed by atoms with Gasteiger partial charge in [-0.2, -0.15) is 5.26 Å². The molecular formula is C18H21N3O2S. The van der Waals surface area contributed by atoms with Crippen LogP contribution in [0, 0.1) is 17.2 Å². The minimum absolute atomic E-state index is 0.0541. The lowest BCUT2D eigenvalue weighted by Gasteiger charge is -2.51. The minimum atomic E-state index is -0.518. The van der Waals surface area contributed by atoms with Gasteiger partial charge in [0.25, 0.3) is 5.91 Å². The molecule has 1 spiro atoms. The van der Waals surface area contributed by atoms with Gasteiger partial charge < -0.3 is 15.0 Å². The first-order valence-electron chi connectivity index (χ1n) is 8.11. The molecule has 2 aliphatic rings. The summed E-state index contributed by atoms with van der Waals surface area (Å²) in [6.45, 7) is 2.23. The van der Waals surface area contributed by atoms with Crippen LogP contribution in [0.5, 0.6) is 5.75 Å². The molecule has 1 aromatic rings. The fourth-order valence-electron chi connectivity index (χ4n) is 3.54. The van der Waals surface area contributed by atoms with Crippen molar-refractivity contribution in [3.05, 3.63) is 34.9 Å². The van der Waals surface area contributed by atoms with Gasteiger partial charge in [-0.1, -0.05) is 6.92 Å². The van der Waals surface area contributed by atoms with E-state index in [-0.39, 0.29) is 11.5 Å². The minimum Gasteiger partial charge on any atom is -0.497 e. The molecular weight excluding hydrogens is 322 g/mol. The molecule has 1 fully saturated rings. The van der Waals surface area contributed by atoms with Crippen molar-refractivity contribution < 1.29 is 9.53 Å². The molecule has 1 amide bonds. The number of rotatable bonds is 2. The standard InChI is InChI=1S/C18H21N3O2S/c1-12-7-9-18(10-8-12)20-16(22)15(11-19)17(24)21(18)13-3-5-14(23-2)6-4-13/h3-6,12,24H,7-10H2,1-2H3,(H,20,22). The summed E-state index contributed by atoms with van der Waals surface area (Å²) in [5.41, 5.74) is 0.428. The first-order valence-corrected chi connectivity index (χ1v) is 8.55. The normalized spacial score (nSPS) is 27.0. The Morgan fingerprint density at radius 2 is 1.96 bits per heavy atom. The molecule has 1 heterocycles. The Kier molecular flexibility index (Phi) is 4.46. The topological polar surface area (TPSA) is 65.4 Å². The Bertz CT molecular complexity index is 713. The molecule has 1 aliphatic heterocycles. The number of hydrogen-bond acceptors (Lipinski definition) is 5. The van der Waals surface area contributed by atoms with E-state index in [2.05, 4.69) is 24.9 Å². The van der Waals surface area contributed by atoms with E-state index in [4.69, 9.17) is 4.74 Å². The summed E-state index contributed by atoms with van der Waals surface area (Å²) >= 11 is 4.55. The van der Waals surface area contributed by atoms with Gasteiger partial charge in [-0.25, -0.2) is 0 Å². The zero-order valence-electron chi connectivity index (χ0n) is 13.9. The highest BCUT2D eigenvalue weighted by atomic mass is 32.1. The number of carbonyl (C=O) groups is 1. The van der Waals surface area contributed by atoms with E-state index in [1.807, 2.05) is 35.2 Å². The van der Waals surface area contributed by atoms with Crippen molar-refractivity contribution in [1.29, 1.82) is 5.26 Å². The zero-order valence-corrected chi connectivity index (χ0v) is 14.8. The molecule has 0 unspecified atom stereocenters. The fraction of sp³-hybridized carbons (Fsp3) is 0.444. The Balaban J connectivity index is 2.09. The number of nitrogens with zero attached hydrogens (tertiary/aromatic N) is 2. The molecule has 3 rings (SSSR count). The second kappa shape index (κ2) is 6.40. The summed E-state index contributed by atoms with van der Waals surface area (Å²) in [4.78, 5) is 14.4. The van der Waals surface area contributed by atoms with Crippen LogP contribution in [0.15, 0.2) is 34.9 Å². The van der Waals surface area contributed by atoms with E-state index in [1.165, 1.54) is 0 Å². The maximum absolute atomic E-state index is 12.4. The van der Waals surface area contributed by atoms with Crippen LogP contribution in [0.3, 0.4) is 0 Å². The van der Waals surface area contributed by atoms with Crippen LogP contribution < -0.4 is 15.0 Å². The molecule has 24 heavy (non-hydrogen) atoms. The van der Waals surface area contributed by atoms with E-state index in [0.29, 0.717) is 10.9 Å². The third-order valence-electron chi connectivity index (χ3n) is 4.98. The Labute approximate surface area is 147 Å². The van der Waals surface area contributed by atoms with Crippen molar-refractivity contribution in [2.24, 2.45) is 5.92 Å². The number of anilines is 1. The monoisotopic (exact) mass is 343 g/mol. The molecule has 6 heteroatoms. The largest absolute Gasteiger partial charge is 0.497 e. The van der Waals surface area contributed by atoms with Gasteiger partial charge in [0.1, 0.15) is 23.1 Å². The van der Waals surface area contributed by atoms with Crippen LogP contribution >= 0.6 is 12.6 Å². The number of benzene rings is 1. The van der Waals surface area contributed by atoms with Crippen molar-refractivity contribution in [1.82, 2.24) is 5.32 Å². The summed E-state index contributed by atoms with van der Waals surface area (Å²) in [6, 6.07) is 9.59. The quantitative estimate of drug-likeness (QED) is 0.810. The lowest BCUT2D eigenvalue weighted by atomic mass is 9.80. The number of methoxy groups -OCH3 is 1. The van der Waals surface area contributed by atoms with Crippen LogP contribution in [0.1, 0.15) is 32.6 Å². The number of amides is 1.